The van der Waals surface area contributed by atoms with Crippen LogP contribution in [0.3, 0.4) is 0 Å². The number of rotatable bonds is 5. The van der Waals surface area contributed by atoms with Gasteiger partial charge in [0, 0.05) is 36.0 Å². The topological polar surface area (TPSA) is 29.0 Å². The number of anilines is 2. The van der Waals surface area contributed by atoms with Gasteiger partial charge in [0.1, 0.15) is 17.5 Å². The van der Waals surface area contributed by atoms with Gasteiger partial charge >= 0.3 is 0 Å². The first-order valence-corrected chi connectivity index (χ1v) is 9.71. The van der Waals surface area contributed by atoms with Crippen LogP contribution in [0, 0.1) is 11.6 Å². The average Bonchev–Trinajstić information content (AvgIpc) is 2.79. The predicted molar refractivity (Wildman–Crippen MR) is 116 cm³/mol. The van der Waals surface area contributed by atoms with Gasteiger partial charge < -0.3 is 4.90 Å². The molecule has 0 spiro atoms. The number of nitrogens with zero attached hydrogens (tertiary/aromatic N) is 3. The normalized spacial score (nSPS) is 11.9. The highest BCUT2D eigenvalue weighted by Gasteiger charge is 2.16. The van der Waals surface area contributed by atoms with E-state index >= 15 is 0 Å². The summed E-state index contributed by atoms with van der Waals surface area (Å²) in [6.45, 7) is 2.02. The van der Waals surface area contributed by atoms with E-state index in [0.717, 1.165) is 29.0 Å². The van der Waals surface area contributed by atoms with Crippen molar-refractivity contribution in [2.75, 3.05) is 11.9 Å². The fourth-order valence-corrected chi connectivity index (χ4v) is 3.34. The number of hydrogen-bond donors (Lipinski definition) is 0. The lowest BCUT2D eigenvalue weighted by Gasteiger charge is -2.20. The molecule has 0 aliphatic rings. The Morgan fingerprint density at radius 3 is 2.20 bits per heavy atom. The monoisotopic (exact) mass is 401 g/mol. The Hall–Kier alpha value is -3.60. The van der Waals surface area contributed by atoms with Crippen LogP contribution in [0.25, 0.3) is 11.3 Å². The van der Waals surface area contributed by atoms with Gasteiger partial charge in [0.05, 0.1) is 11.4 Å². The van der Waals surface area contributed by atoms with Gasteiger partial charge in [-0.25, -0.2) is 13.8 Å². The van der Waals surface area contributed by atoms with Gasteiger partial charge in [0.2, 0.25) is 0 Å². The van der Waals surface area contributed by atoms with E-state index in [9.17, 15) is 8.78 Å². The molecule has 4 rings (SSSR count). The quantitative estimate of drug-likeness (QED) is 0.391. The highest BCUT2D eigenvalue weighted by atomic mass is 19.1. The minimum atomic E-state index is -0.628. The molecule has 30 heavy (non-hydrogen) atoms. The van der Waals surface area contributed by atoms with Crippen molar-refractivity contribution in [1.82, 2.24) is 9.97 Å². The highest BCUT2D eigenvalue weighted by Crippen LogP contribution is 2.28. The first-order valence-electron chi connectivity index (χ1n) is 9.71. The van der Waals surface area contributed by atoms with Gasteiger partial charge in [-0.3, -0.25) is 4.98 Å². The maximum Gasteiger partial charge on any atom is 0.135 e. The Labute approximate surface area is 174 Å². The Balaban J connectivity index is 1.64. The maximum atomic E-state index is 14.2. The summed E-state index contributed by atoms with van der Waals surface area (Å²) in [4.78, 5) is 11.5. The summed E-state index contributed by atoms with van der Waals surface area (Å²) in [7, 11) is 1.97. The van der Waals surface area contributed by atoms with Crippen molar-refractivity contribution in [3.05, 3.63) is 108 Å². The molecule has 1 unspecified atom stereocenters. The Morgan fingerprint density at radius 1 is 0.767 bits per heavy atom. The van der Waals surface area contributed by atoms with E-state index in [4.69, 9.17) is 4.98 Å². The average molecular weight is 401 g/mol. The predicted octanol–water partition coefficient (Wildman–Crippen LogP) is 6.34. The fraction of sp³-hybridized carbons (Fsp3) is 0.120. The molecule has 0 aliphatic heterocycles. The van der Waals surface area contributed by atoms with Crippen molar-refractivity contribution < 1.29 is 8.78 Å². The van der Waals surface area contributed by atoms with E-state index in [2.05, 4.69) is 4.98 Å². The molecule has 2 aromatic carbocycles. The van der Waals surface area contributed by atoms with Gasteiger partial charge in [-0.15, -0.1) is 0 Å². The number of aromatic nitrogens is 2. The van der Waals surface area contributed by atoms with Crippen LogP contribution in [0.5, 0.6) is 0 Å². The summed E-state index contributed by atoms with van der Waals surface area (Å²) >= 11 is 0. The second-order valence-electron chi connectivity index (χ2n) is 7.11. The molecular formula is C25H21F2N3. The second-order valence-corrected chi connectivity index (χ2v) is 7.11. The van der Waals surface area contributed by atoms with Crippen LogP contribution in [-0.4, -0.2) is 17.0 Å². The van der Waals surface area contributed by atoms with Gasteiger partial charge in [-0.1, -0.05) is 37.3 Å². The zero-order chi connectivity index (χ0) is 21.1. The highest BCUT2D eigenvalue weighted by molar-refractivity contribution is 5.61. The molecule has 0 radical (unpaired) electrons. The number of hydrogen-bond acceptors (Lipinski definition) is 3. The molecule has 0 saturated carbocycles. The van der Waals surface area contributed by atoms with E-state index in [1.807, 2.05) is 79.5 Å². The molecule has 2 aromatic heterocycles. The summed E-state index contributed by atoms with van der Waals surface area (Å²) in [5.41, 5.74) is 3.41. The van der Waals surface area contributed by atoms with Crippen LogP contribution in [-0.2, 0) is 0 Å². The molecule has 0 bridgehead atoms. The molecule has 0 fully saturated rings. The molecule has 2 heterocycles. The summed E-state index contributed by atoms with van der Waals surface area (Å²) < 4.78 is 27.4. The summed E-state index contributed by atoms with van der Waals surface area (Å²) in [5.74, 6) is -0.509. The number of pyridine rings is 2. The van der Waals surface area contributed by atoms with E-state index in [0.29, 0.717) is 5.69 Å². The first kappa shape index (κ1) is 19.7. The third-order valence-corrected chi connectivity index (χ3v) is 5.11. The summed E-state index contributed by atoms with van der Waals surface area (Å²) in [6, 6.07) is 24.9. The van der Waals surface area contributed by atoms with E-state index in [1.54, 1.807) is 6.07 Å². The third kappa shape index (κ3) is 4.06. The molecule has 0 amide bonds. The standard InChI is InChI=1S/C25H21F2N3/c1-17(22-10-6-12-24(28-22)20-15-14-18(26)16-21(20)27)23-11-7-13-25(29-23)30(2)19-8-4-3-5-9-19/h3-17H,1-2H3. The van der Waals surface area contributed by atoms with Crippen LogP contribution in [0.4, 0.5) is 20.3 Å². The summed E-state index contributed by atoms with van der Waals surface area (Å²) in [5, 5.41) is 0. The van der Waals surface area contributed by atoms with Gasteiger partial charge in [-0.2, -0.15) is 0 Å². The minimum Gasteiger partial charge on any atom is -0.329 e. The molecule has 0 aliphatic carbocycles. The van der Waals surface area contributed by atoms with Crippen LogP contribution in [0.1, 0.15) is 24.2 Å². The molecule has 150 valence electrons. The van der Waals surface area contributed by atoms with Gasteiger partial charge in [0.25, 0.3) is 0 Å². The fourth-order valence-electron chi connectivity index (χ4n) is 3.34. The van der Waals surface area contributed by atoms with Crippen molar-refractivity contribution in [3.8, 4) is 11.3 Å². The second kappa shape index (κ2) is 8.41. The number of para-hydroxylation sites is 1. The van der Waals surface area contributed by atoms with E-state index in [1.165, 1.54) is 12.1 Å². The lowest BCUT2D eigenvalue weighted by atomic mass is 10.0. The maximum absolute atomic E-state index is 14.2. The third-order valence-electron chi connectivity index (χ3n) is 5.11. The van der Waals surface area contributed by atoms with Gasteiger partial charge in [0.15, 0.2) is 0 Å². The lowest BCUT2D eigenvalue weighted by molar-refractivity contribution is 0.585. The summed E-state index contributed by atoms with van der Waals surface area (Å²) in [6.07, 6.45) is 0. The first-order chi connectivity index (χ1) is 14.5. The number of benzene rings is 2. The zero-order valence-electron chi connectivity index (χ0n) is 16.8. The lowest BCUT2D eigenvalue weighted by Crippen LogP contribution is -2.12. The molecule has 3 nitrogen and oxygen atoms in total. The largest absolute Gasteiger partial charge is 0.329 e. The minimum absolute atomic E-state index is 0.0995. The molecular weight excluding hydrogens is 380 g/mol. The van der Waals surface area contributed by atoms with Crippen molar-refractivity contribution >= 4 is 11.5 Å². The molecule has 0 N–H and O–H groups in total. The van der Waals surface area contributed by atoms with Crippen LogP contribution in [0.15, 0.2) is 84.9 Å². The van der Waals surface area contributed by atoms with Crippen LogP contribution >= 0.6 is 0 Å². The molecule has 4 aromatic rings. The van der Waals surface area contributed by atoms with Crippen molar-refractivity contribution in [2.45, 2.75) is 12.8 Å². The SMILES string of the molecule is CC(c1cccc(-c2ccc(F)cc2F)n1)c1cccc(N(C)c2ccccc2)n1. The van der Waals surface area contributed by atoms with Crippen molar-refractivity contribution in [1.29, 1.82) is 0 Å². The molecule has 5 heteroatoms. The Bertz CT molecular complexity index is 1160. The molecule has 0 saturated heterocycles. The zero-order valence-corrected chi connectivity index (χ0v) is 16.8. The van der Waals surface area contributed by atoms with Crippen LogP contribution in [0.2, 0.25) is 0 Å². The smallest absolute Gasteiger partial charge is 0.135 e. The van der Waals surface area contributed by atoms with Crippen molar-refractivity contribution in [3.63, 3.8) is 0 Å². The van der Waals surface area contributed by atoms with Crippen LogP contribution < -0.4 is 4.90 Å². The van der Waals surface area contributed by atoms with E-state index < -0.39 is 11.6 Å². The van der Waals surface area contributed by atoms with E-state index in [-0.39, 0.29) is 11.5 Å². The number of halogens is 2. The van der Waals surface area contributed by atoms with Crippen molar-refractivity contribution in [2.24, 2.45) is 0 Å². The molecule has 1 atom stereocenters. The Morgan fingerprint density at radius 2 is 1.47 bits per heavy atom. The van der Waals surface area contributed by atoms with Gasteiger partial charge in [-0.05, 0) is 48.5 Å². The Kier molecular flexibility index (Phi) is 5.53.